The maximum atomic E-state index is 12.9. The SMILES string of the molecule is O=C(O)CCN(c1ccc(I)cc1)S(=O)(=O)c1ccc(Br)cc1. The van der Waals surface area contributed by atoms with Crippen LogP contribution in [0.1, 0.15) is 6.42 Å². The number of halogens is 2. The molecule has 2 rings (SSSR count). The predicted octanol–water partition coefficient (Wildman–Crippen LogP) is 3.72. The number of carbonyl (C=O) groups is 1. The Morgan fingerprint density at radius 1 is 1.09 bits per heavy atom. The summed E-state index contributed by atoms with van der Waals surface area (Å²) in [7, 11) is -3.83. The summed E-state index contributed by atoms with van der Waals surface area (Å²) in [4.78, 5) is 11.0. The van der Waals surface area contributed by atoms with E-state index in [1.54, 1.807) is 36.4 Å². The van der Waals surface area contributed by atoms with Crippen molar-refractivity contribution < 1.29 is 18.3 Å². The fraction of sp³-hybridized carbons (Fsp3) is 0.133. The molecule has 0 heterocycles. The van der Waals surface area contributed by atoms with Gasteiger partial charge in [0.05, 0.1) is 17.0 Å². The number of aliphatic carboxylic acids is 1. The molecule has 0 saturated heterocycles. The molecule has 0 spiro atoms. The van der Waals surface area contributed by atoms with Crippen LogP contribution in [0.3, 0.4) is 0 Å². The van der Waals surface area contributed by atoms with Crippen LogP contribution >= 0.6 is 38.5 Å². The Bertz CT molecular complexity index is 791. The third-order valence-corrected chi connectivity index (χ3v) is 6.13. The summed E-state index contributed by atoms with van der Waals surface area (Å²) in [5.41, 5.74) is 0.439. The lowest BCUT2D eigenvalue weighted by atomic mass is 10.3. The van der Waals surface area contributed by atoms with Gasteiger partial charge in [0.2, 0.25) is 0 Å². The number of rotatable bonds is 6. The zero-order valence-electron chi connectivity index (χ0n) is 11.8. The molecule has 0 aliphatic heterocycles. The van der Waals surface area contributed by atoms with Crippen molar-refractivity contribution in [1.82, 2.24) is 0 Å². The lowest BCUT2D eigenvalue weighted by Gasteiger charge is -2.24. The number of nitrogens with zero attached hydrogens (tertiary/aromatic N) is 1. The van der Waals surface area contributed by atoms with Crippen LogP contribution in [0.4, 0.5) is 5.69 Å². The summed E-state index contributed by atoms with van der Waals surface area (Å²) in [6.45, 7) is -0.131. The van der Waals surface area contributed by atoms with E-state index in [1.807, 2.05) is 0 Å². The summed E-state index contributed by atoms with van der Waals surface area (Å²) < 4.78 is 28.6. The normalized spacial score (nSPS) is 11.2. The van der Waals surface area contributed by atoms with Gasteiger partial charge in [-0.2, -0.15) is 0 Å². The fourth-order valence-electron chi connectivity index (χ4n) is 1.93. The molecule has 0 atom stereocenters. The van der Waals surface area contributed by atoms with Gasteiger partial charge in [0.1, 0.15) is 0 Å². The quantitative estimate of drug-likeness (QED) is 0.602. The third-order valence-electron chi connectivity index (χ3n) is 3.05. The van der Waals surface area contributed by atoms with Gasteiger partial charge >= 0.3 is 5.97 Å². The molecule has 0 aliphatic rings. The van der Waals surface area contributed by atoms with Crippen LogP contribution in [0.5, 0.6) is 0 Å². The van der Waals surface area contributed by atoms with Crippen molar-refractivity contribution in [3.63, 3.8) is 0 Å². The summed E-state index contributed by atoms with van der Waals surface area (Å²) in [5, 5.41) is 8.90. The first kappa shape index (κ1) is 18.2. The molecule has 0 aliphatic carbocycles. The second-order valence-corrected chi connectivity index (χ2v) is 8.67. The van der Waals surface area contributed by atoms with Gasteiger partial charge in [-0.3, -0.25) is 9.10 Å². The van der Waals surface area contributed by atoms with Gasteiger partial charge in [-0.25, -0.2) is 8.42 Å². The Hall–Kier alpha value is -1.13. The minimum atomic E-state index is -3.83. The molecule has 5 nitrogen and oxygen atoms in total. The van der Waals surface area contributed by atoms with E-state index in [2.05, 4.69) is 38.5 Å². The van der Waals surface area contributed by atoms with E-state index in [0.717, 1.165) is 12.3 Å². The van der Waals surface area contributed by atoms with Crippen molar-refractivity contribution in [3.8, 4) is 0 Å². The number of hydrogen-bond donors (Lipinski definition) is 1. The minimum Gasteiger partial charge on any atom is -0.481 e. The van der Waals surface area contributed by atoms with E-state index in [9.17, 15) is 13.2 Å². The predicted molar refractivity (Wildman–Crippen MR) is 100 cm³/mol. The topological polar surface area (TPSA) is 74.7 Å². The average molecular weight is 510 g/mol. The van der Waals surface area contributed by atoms with Gasteiger partial charge in [-0.1, -0.05) is 15.9 Å². The standard InChI is InChI=1S/C15H13BrINO4S/c16-11-1-7-14(8-2-11)23(21,22)18(10-9-15(19)20)13-5-3-12(17)4-6-13/h1-8H,9-10H2,(H,19,20). The van der Waals surface area contributed by atoms with Gasteiger partial charge in [0, 0.05) is 14.6 Å². The highest BCUT2D eigenvalue weighted by atomic mass is 127. The molecular formula is C15H13BrINO4S. The van der Waals surface area contributed by atoms with Crippen molar-refractivity contribution in [3.05, 3.63) is 56.6 Å². The molecule has 2 aromatic carbocycles. The monoisotopic (exact) mass is 509 g/mol. The highest BCUT2D eigenvalue weighted by Gasteiger charge is 2.25. The van der Waals surface area contributed by atoms with Crippen LogP contribution < -0.4 is 4.31 Å². The number of carboxylic acid groups (broad SMARTS) is 1. The van der Waals surface area contributed by atoms with Gasteiger partial charge < -0.3 is 5.11 Å². The van der Waals surface area contributed by atoms with Crippen molar-refractivity contribution in [2.24, 2.45) is 0 Å². The molecule has 0 amide bonds. The molecule has 1 N–H and O–H groups in total. The van der Waals surface area contributed by atoms with Crippen molar-refractivity contribution in [2.75, 3.05) is 10.8 Å². The van der Waals surface area contributed by atoms with Crippen LogP contribution in [0.25, 0.3) is 0 Å². The molecule has 0 saturated carbocycles. The largest absolute Gasteiger partial charge is 0.481 e. The van der Waals surface area contributed by atoms with Crippen LogP contribution in [-0.4, -0.2) is 26.0 Å². The Kier molecular flexibility index (Phi) is 6.04. The Labute approximate surface area is 156 Å². The second-order valence-electron chi connectivity index (χ2n) is 4.65. The molecule has 0 aromatic heterocycles. The third kappa shape index (κ3) is 4.67. The molecule has 23 heavy (non-hydrogen) atoms. The van der Waals surface area contributed by atoms with Crippen molar-refractivity contribution in [2.45, 2.75) is 11.3 Å². The Morgan fingerprint density at radius 2 is 1.65 bits per heavy atom. The average Bonchev–Trinajstić information content (AvgIpc) is 2.49. The Morgan fingerprint density at radius 3 is 2.17 bits per heavy atom. The van der Waals surface area contributed by atoms with Crippen molar-refractivity contribution >= 4 is 60.2 Å². The number of sulfonamides is 1. The van der Waals surface area contributed by atoms with E-state index < -0.39 is 16.0 Å². The highest BCUT2D eigenvalue weighted by Crippen LogP contribution is 2.25. The molecule has 8 heteroatoms. The molecule has 0 radical (unpaired) electrons. The van der Waals surface area contributed by atoms with Crippen LogP contribution in [0, 0.1) is 3.57 Å². The van der Waals surface area contributed by atoms with Gasteiger partial charge in [-0.05, 0) is 71.1 Å². The fourth-order valence-corrected chi connectivity index (χ4v) is 4.02. The zero-order chi connectivity index (χ0) is 17.0. The first-order chi connectivity index (χ1) is 10.8. The number of benzene rings is 2. The van der Waals surface area contributed by atoms with E-state index in [4.69, 9.17) is 5.11 Å². The molecule has 0 unspecified atom stereocenters. The van der Waals surface area contributed by atoms with E-state index in [0.29, 0.717) is 5.69 Å². The summed E-state index contributed by atoms with van der Waals surface area (Å²) in [6.07, 6.45) is -0.276. The molecular weight excluding hydrogens is 497 g/mol. The van der Waals surface area contributed by atoms with E-state index in [-0.39, 0.29) is 17.9 Å². The molecule has 0 bridgehead atoms. The van der Waals surface area contributed by atoms with Gasteiger partial charge in [0.25, 0.3) is 10.0 Å². The van der Waals surface area contributed by atoms with Crippen LogP contribution in [0.15, 0.2) is 57.9 Å². The number of carboxylic acids is 1. The zero-order valence-corrected chi connectivity index (χ0v) is 16.4. The highest BCUT2D eigenvalue weighted by molar-refractivity contribution is 14.1. The summed E-state index contributed by atoms with van der Waals surface area (Å²) in [5.74, 6) is -1.05. The first-order valence-corrected chi connectivity index (χ1v) is 9.87. The molecule has 122 valence electrons. The molecule has 0 fully saturated rings. The molecule has 2 aromatic rings. The van der Waals surface area contributed by atoms with Crippen LogP contribution in [-0.2, 0) is 14.8 Å². The van der Waals surface area contributed by atoms with E-state index >= 15 is 0 Å². The number of hydrogen-bond acceptors (Lipinski definition) is 3. The smallest absolute Gasteiger partial charge is 0.305 e. The lowest BCUT2D eigenvalue weighted by Crippen LogP contribution is -2.33. The van der Waals surface area contributed by atoms with Gasteiger partial charge in [0.15, 0.2) is 0 Å². The van der Waals surface area contributed by atoms with Crippen LogP contribution in [0.2, 0.25) is 0 Å². The number of anilines is 1. The maximum absolute atomic E-state index is 12.9. The maximum Gasteiger partial charge on any atom is 0.305 e. The minimum absolute atomic E-state index is 0.115. The summed E-state index contributed by atoms with van der Waals surface area (Å²) >= 11 is 5.39. The first-order valence-electron chi connectivity index (χ1n) is 6.56. The Balaban J connectivity index is 2.44. The second kappa shape index (κ2) is 7.63. The van der Waals surface area contributed by atoms with E-state index in [1.165, 1.54) is 12.1 Å². The van der Waals surface area contributed by atoms with Gasteiger partial charge in [-0.15, -0.1) is 0 Å². The summed E-state index contributed by atoms with van der Waals surface area (Å²) in [6, 6.07) is 13.1. The lowest BCUT2D eigenvalue weighted by molar-refractivity contribution is -0.136. The van der Waals surface area contributed by atoms with Crippen molar-refractivity contribution in [1.29, 1.82) is 0 Å².